The van der Waals surface area contributed by atoms with Crippen molar-refractivity contribution in [2.45, 2.75) is 36.1 Å². The Bertz CT molecular complexity index is 2760. The summed E-state index contributed by atoms with van der Waals surface area (Å²) in [6, 6.07) is 14.7. The molecule has 0 aliphatic carbocycles. The van der Waals surface area contributed by atoms with Gasteiger partial charge in [-0.15, -0.1) is 0 Å². The van der Waals surface area contributed by atoms with E-state index in [2.05, 4.69) is 20.3 Å². The number of hydrogen-bond acceptors (Lipinski definition) is 11. The Morgan fingerprint density at radius 3 is 2.29 bits per heavy atom. The van der Waals surface area contributed by atoms with Gasteiger partial charge in [0, 0.05) is 62.8 Å². The number of rotatable bonds is 11. The lowest BCUT2D eigenvalue weighted by atomic mass is 9.99. The van der Waals surface area contributed by atoms with Gasteiger partial charge in [-0.1, -0.05) is 30.3 Å². The highest BCUT2D eigenvalue weighted by Crippen LogP contribution is 2.27. The molecule has 0 unspecified atom stereocenters. The number of aryl methyl sites for hydroxylation is 1. The molecule has 0 radical (unpaired) electrons. The summed E-state index contributed by atoms with van der Waals surface area (Å²) in [5.74, 6) is -3.75. The first-order valence-electron chi connectivity index (χ1n) is 17.9. The van der Waals surface area contributed by atoms with Gasteiger partial charge >= 0.3 is 11.7 Å². The Balaban J connectivity index is 1.03. The molecule has 1 saturated heterocycles. The summed E-state index contributed by atoms with van der Waals surface area (Å²) in [7, 11) is -1.83. The van der Waals surface area contributed by atoms with Crippen LogP contribution in [0, 0.1) is 11.6 Å². The normalized spacial score (nSPS) is 13.9. The predicted molar refractivity (Wildman–Crippen MR) is 207 cm³/mol. The van der Waals surface area contributed by atoms with Gasteiger partial charge in [0.15, 0.2) is 0 Å². The van der Waals surface area contributed by atoms with E-state index in [1.807, 2.05) is 4.72 Å². The van der Waals surface area contributed by atoms with Crippen molar-refractivity contribution in [1.82, 2.24) is 29.4 Å². The molecule has 1 aliphatic heterocycles. The van der Waals surface area contributed by atoms with Crippen LogP contribution in [0.2, 0.25) is 0 Å². The van der Waals surface area contributed by atoms with E-state index in [-0.39, 0.29) is 23.1 Å². The van der Waals surface area contributed by atoms with Crippen molar-refractivity contribution in [2.75, 3.05) is 25.0 Å². The number of nitrogens with zero attached hydrogens (tertiary/aromatic N) is 5. The summed E-state index contributed by atoms with van der Waals surface area (Å²) in [6.07, 6.45) is 6.02. The zero-order valence-corrected chi connectivity index (χ0v) is 31.8. The Morgan fingerprint density at radius 1 is 0.914 bits per heavy atom. The minimum Gasteiger partial charge on any atom is -0.467 e. The number of aromatic nitrogens is 5. The fourth-order valence-electron chi connectivity index (χ4n) is 6.57. The maximum atomic E-state index is 15.3. The summed E-state index contributed by atoms with van der Waals surface area (Å²) < 4.78 is 71.4. The van der Waals surface area contributed by atoms with Gasteiger partial charge in [0.2, 0.25) is 0 Å². The number of nitrogens with one attached hydrogen (secondary N) is 2. The van der Waals surface area contributed by atoms with Crippen LogP contribution in [0.3, 0.4) is 0 Å². The molecule has 1 aliphatic rings. The lowest BCUT2D eigenvalue weighted by Gasteiger charge is -2.20. The fraction of sp³-hybridized carbons (Fsp3) is 0.225. The van der Waals surface area contributed by atoms with E-state index in [1.54, 1.807) is 36.7 Å². The van der Waals surface area contributed by atoms with E-state index in [4.69, 9.17) is 9.47 Å². The molecule has 1 fully saturated rings. The zero-order chi connectivity index (χ0) is 41.1. The fourth-order valence-corrected chi connectivity index (χ4v) is 7.63. The molecule has 58 heavy (non-hydrogen) atoms. The molecule has 2 N–H and O–H groups in total. The molecular formula is C40H35F2N7O8S. The number of anilines is 1. The van der Waals surface area contributed by atoms with Crippen molar-refractivity contribution in [1.29, 1.82) is 0 Å². The van der Waals surface area contributed by atoms with Gasteiger partial charge in [-0.3, -0.25) is 18.9 Å². The summed E-state index contributed by atoms with van der Waals surface area (Å²) >= 11 is 0. The first-order chi connectivity index (χ1) is 27.8. The second-order valence-corrected chi connectivity index (χ2v) is 15.1. The van der Waals surface area contributed by atoms with Crippen LogP contribution in [0.25, 0.3) is 27.8 Å². The number of fused-ring (bicyclic) bond motifs is 1. The largest absolute Gasteiger partial charge is 0.467 e. The molecule has 4 heterocycles. The molecule has 1 amide bonds. The number of carbonyl (C=O) groups is 2. The highest BCUT2D eigenvalue weighted by Gasteiger charge is 2.27. The van der Waals surface area contributed by atoms with Crippen molar-refractivity contribution in [3.05, 3.63) is 141 Å². The molecule has 298 valence electrons. The van der Waals surface area contributed by atoms with Gasteiger partial charge in [0.1, 0.15) is 29.3 Å². The third kappa shape index (κ3) is 8.10. The van der Waals surface area contributed by atoms with E-state index in [1.165, 1.54) is 54.2 Å². The van der Waals surface area contributed by atoms with Gasteiger partial charge in [0.25, 0.3) is 21.5 Å². The van der Waals surface area contributed by atoms with Crippen molar-refractivity contribution in [2.24, 2.45) is 7.05 Å². The number of esters is 1. The Labute approximate surface area is 329 Å². The maximum Gasteiger partial charge on any atom is 0.337 e. The van der Waals surface area contributed by atoms with Crippen LogP contribution in [-0.2, 0) is 37.8 Å². The molecule has 7 rings (SSSR count). The predicted octanol–water partition coefficient (Wildman–Crippen LogP) is 4.03. The molecule has 15 nitrogen and oxygen atoms in total. The number of pyridine rings is 1. The minimum atomic E-state index is -4.42. The van der Waals surface area contributed by atoms with Crippen LogP contribution in [0.1, 0.15) is 40.5 Å². The van der Waals surface area contributed by atoms with Crippen molar-refractivity contribution >= 4 is 38.5 Å². The van der Waals surface area contributed by atoms with Crippen LogP contribution < -0.4 is 21.3 Å². The lowest BCUT2D eigenvalue weighted by Crippen LogP contribution is -2.43. The van der Waals surface area contributed by atoms with Crippen LogP contribution in [0.5, 0.6) is 0 Å². The number of sulfonamides is 1. The average Bonchev–Trinajstić information content (AvgIpc) is 3.24. The van der Waals surface area contributed by atoms with E-state index >= 15 is 8.78 Å². The SMILES string of the molecule is COC(=O)[C@H](Cc1ccc(-n2c(=O)c3ccccc3n(C)c2=O)nc1)NC(=O)c1cc(F)c(NS(=O)(=O)c2ccc(-c3cnc(C4CCOCC4)nc3)cc2)cc1F. The molecule has 3 aromatic heterocycles. The summed E-state index contributed by atoms with van der Waals surface area (Å²) in [6.45, 7) is 1.30. The smallest absolute Gasteiger partial charge is 0.337 e. The van der Waals surface area contributed by atoms with Crippen LogP contribution in [0.15, 0.2) is 106 Å². The Hall–Kier alpha value is -6.66. The number of amides is 1. The number of methoxy groups -OCH3 is 1. The van der Waals surface area contributed by atoms with E-state index < -0.39 is 62.1 Å². The first kappa shape index (κ1) is 39.6. The molecular weight excluding hydrogens is 777 g/mol. The number of carbonyl (C=O) groups excluding carboxylic acids is 2. The van der Waals surface area contributed by atoms with E-state index in [0.29, 0.717) is 58.8 Å². The van der Waals surface area contributed by atoms with Gasteiger partial charge in [-0.05, 0) is 60.4 Å². The standard InChI is InChI=1S/C40H35F2N7O8S/c1-48-34-6-4-3-5-28(34)38(51)49(40(48)53)35-12-7-23(20-43-35)17-33(39(52)56-2)46-37(50)29-18-31(42)32(19-30(29)41)47-58(54,55)27-10-8-24(9-11-27)26-21-44-36(45-22-26)25-13-15-57-16-14-25/h3-12,18-22,25,33,47H,13-17H2,1-2H3,(H,46,50)/t33-/m0/s1. The van der Waals surface area contributed by atoms with Crippen LogP contribution in [-0.4, -0.2) is 70.7 Å². The first-order valence-corrected chi connectivity index (χ1v) is 19.4. The molecule has 6 aromatic rings. The van der Waals surface area contributed by atoms with Gasteiger partial charge in [-0.25, -0.2) is 46.3 Å². The third-order valence-corrected chi connectivity index (χ3v) is 11.1. The second-order valence-electron chi connectivity index (χ2n) is 13.4. The van der Waals surface area contributed by atoms with Crippen molar-refractivity contribution in [3.8, 4) is 16.9 Å². The second kappa shape index (κ2) is 16.4. The Kier molecular flexibility index (Phi) is 11.2. The van der Waals surface area contributed by atoms with Gasteiger partial charge < -0.3 is 14.8 Å². The molecule has 1 atom stereocenters. The average molecular weight is 812 g/mol. The highest BCUT2D eigenvalue weighted by molar-refractivity contribution is 7.92. The summed E-state index contributed by atoms with van der Waals surface area (Å²) in [4.78, 5) is 65.0. The quantitative estimate of drug-likeness (QED) is 0.180. The highest BCUT2D eigenvalue weighted by atomic mass is 32.2. The molecule has 0 bridgehead atoms. The zero-order valence-electron chi connectivity index (χ0n) is 31.0. The molecule has 18 heteroatoms. The maximum absolute atomic E-state index is 15.3. The number of ether oxygens (including phenoxy) is 2. The van der Waals surface area contributed by atoms with E-state index in [9.17, 15) is 27.6 Å². The number of halogens is 2. The number of para-hydroxylation sites is 1. The van der Waals surface area contributed by atoms with Crippen molar-refractivity contribution < 1.29 is 36.3 Å². The van der Waals surface area contributed by atoms with E-state index in [0.717, 1.165) is 24.5 Å². The third-order valence-electron chi connectivity index (χ3n) is 9.75. The van der Waals surface area contributed by atoms with Gasteiger partial charge in [-0.2, -0.15) is 0 Å². The number of benzene rings is 3. The van der Waals surface area contributed by atoms with Gasteiger partial charge in [0.05, 0.1) is 34.2 Å². The molecule has 0 spiro atoms. The van der Waals surface area contributed by atoms with Crippen LogP contribution in [0.4, 0.5) is 14.5 Å². The lowest BCUT2D eigenvalue weighted by molar-refractivity contribution is -0.142. The van der Waals surface area contributed by atoms with Crippen molar-refractivity contribution in [3.63, 3.8) is 0 Å². The summed E-state index contributed by atoms with van der Waals surface area (Å²) in [5.41, 5.74) is -0.711. The minimum absolute atomic E-state index is 0.00557. The summed E-state index contributed by atoms with van der Waals surface area (Å²) in [5, 5.41) is 2.61. The van der Waals surface area contributed by atoms with Crippen LogP contribution >= 0.6 is 0 Å². The molecule has 3 aromatic carbocycles. The monoisotopic (exact) mass is 811 g/mol. The topological polar surface area (TPSA) is 193 Å². The Morgan fingerprint density at radius 2 is 1.62 bits per heavy atom. The number of hydrogen-bond donors (Lipinski definition) is 2. The molecule has 0 saturated carbocycles.